The van der Waals surface area contributed by atoms with Crippen molar-refractivity contribution in [2.75, 3.05) is 39.2 Å². The van der Waals surface area contributed by atoms with Crippen LogP contribution in [0.3, 0.4) is 0 Å². The number of carbonyl (C=O) groups is 7. The number of rotatable bonds is 20. The summed E-state index contributed by atoms with van der Waals surface area (Å²) in [4.78, 5) is 116. The van der Waals surface area contributed by atoms with E-state index in [1.807, 2.05) is 0 Å². The number of nitrogens with one attached hydrogen (secondary N) is 6. The van der Waals surface area contributed by atoms with Crippen molar-refractivity contribution < 1.29 is 61.0 Å². The second-order valence-corrected chi connectivity index (χ2v) is 20.7. The number of esters is 1. The van der Waals surface area contributed by atoms with E-state index in [-0.39, 0.29) is 48.7 Å². The number of halogens is 1. The SMILES string of the molecule is CC[C@@]1(O)C(=O)OCc2c1cc1n(c2=O)Cc2c-1nc1cc(F)c(C)c3c1c2C(NC(=O)COCNC(=O)CNC(=O)C(Cc1ccccc1)NC(=O)CNC(=O)CNC(=O)CCCC#Cc1cnc(S(C)(=O)=O)nc1)CC3. The van der Waals surface area contributed by atoms with Gasteiger partial charge in [-0.25, -0.2) is 32.6 Å². The number of carbonyl (C=O) groups excluding carboxylic acids is 7. The number of aliphatic hydroxyl groups is 1. The predicted molar refractivity (Wildman–Crippen MR) is 274 cm³/mol. The number of fused-ring (bicyclic) bond motifs is 5. The molecule has 1 aliphatic carbocycles. The van der Waals surface area contributed by atoms with Gasteiger partial charge in [0.1, 0.15) is 31.8 Å². The maximum atomic E-state index is 15.4. The lowest BCUT2D eigenvalue weighted by Crippen LogP contribution is -2.52. The van der Waals surface area contributed by atoms with Gasteiger partial charge in [-0.1, -0.05) is 49.1 Å². The summed E-state index contributed by atoms with van der Waals surface area (Å²) in [7, 11) is -3.54. The van der Waals surface area contributed by atoms with E-state index in [2.05, 4.69) is 53.7 Å². The first-order chi connectivity index (χ1) is 37.2. The van der Waals surface area contributed by atoms with Crippen LogP contribution in [0, 0.1) is 24.6 Å². The van der Waals surface area contributed by atoms with E-state index in [1.54, 1.807) is 50.2 Å². The number of hydrogen-bond acceptors (Lipinski definition) is 16. The highest BCUT2D eigenvalue weighted by Crippen LogP contribution is 2.46. The number of aromatic nitrogens is 4. The molecule has 0 radical (unpaired) electrons. The standard InChI is InChI=1S/C53H55FN10O13S/c1-4-53(73)35-18-40-48-33(25-64(40)50(71)34(35)26-77-51(53)72)47-37(16-15-32-29(2)36(54)19-38(63-48)46(32)47)61-45(69)27-76-28-60-43(67)23-57-49(70)39(17-30-11-7-5-8-12-30)62-44(68)24-56-42(66)22-55-41(65)14-10-6-9-13-31-20-58-52(59-21-31)78(3,74)75/h5,7-8,11-12,18-21,37,39,73H,4,6,10,14-17,22-28H2,1-3H3,(H,55,65)(H,56,66)(H,57,70)(H,60,67)(H,61,69)(H,62,68)/t37?,39?,53-/m0/s1. The van der Waals surface area contributed by atoms with Crippen molar-refractivity contribution >= 4 is 62.2 Å². The second kappa shape index (κ2) is 23.8. The lowest BCUT2D eigenvalue weighted by atomic mass is 9.81. The molecule has 2 aromatic carbocycles. The van der Waals surface area contributed by atoms with Gasteiger partial charge >= 0.3 is 5.97 Å². The highest BCUT2D eigenvalue weighted by Gasteiger charge is 2.46. The lowest BCUT2D eigenvalue weighted by Gasteiger charge is -2.31. The van der Waals surface area contributed by atoms with Gasteiger partial charge in [0, 0.05) is 60.5 Å². The molecule has 408 valence electrons. The van der Waals surface area contributed by atoms with E-state index in [1.165, 1.54) is 23.0 Å². The second-order valence-electron chi connectivity index (χ2n) is 18.8. The molecule has 0 spiro atoms. The third kappa shape index (κ3) is 12.5. The van der Waals surface area contributed by atoms with Gasteiger partial charge in [0.25, 0.3) is 5.56 Å². The quantitative estimate of drug-likeness (QED) is 0.0177. The molecule has 78 heavy (non-hydrogen) atoms. The molecule has 3 aromatic heterocycles. The van der Waals surface area contributed by atoms with E-state index in [0.717, 1.165) is 11.8 Å². The summed E-state index contributed by atoms with van der Waals surface area (Å²) in [5.74, 6) is 0.484. The van der Waals surface area contributed by atoms with E-state index in [0.29, 0.717) is 75.8 Å². The van der Waals surface area contributed by atoms with Gasteiger partial charge in [-0.2, -0.15) is 0 Å². The Morgan fingerprint density at radius 1 is 0.936 bits per heavy atom. The van der Waals surface area contributed by atoms with Gasteiger partial charge in [-0.05, 0) is 60.9 Å². The van der Waals surface area contributed by atoms with Crippen molar-refractivity contribution in [1.29, 1.82) is 0 Å². The van der Waals surface area contributed by atoms with Gasteiger partial charge in [0.2, 0.25) is 50.4 Å². The van der Waals surface area contributed by atoms with Gasteiger partial charge in [-0.15, -0.1) is 0 Å². The lowest BCUT2D eigenvalue weighted by molar-refractivity contribution is -0.172. The number of amides is 6. The van der Waals surface area contributed by atoms with Crippen LogP contribution in [0.5, 0.6) is 0 Å². The van der Waals surface area contributed by atoms with E-state index in [4.69, 9.17) is 14.5 Å². The van der Waals surface area contributed by atoms with Crippen LogP contribution in [-0.4, -0.2) is 120 Å². The summed E-state index contributed by atoms with van der Waals surface area (Å²) in [6.45, 7) is 0.576. The first-order valence-electron chi connectivity index (χ1n) is 24.9. The van der Waals surface area contributed by atoms with E-state index >= 15 is 4.39 Å². The summed E-state index contributed by atoms with van der Waals surface area (Å²) in [6.07, 6.45) is 5.01. The molecular formula is C53H55FN10O13S. The Morgan fingerprint density at radius 2 is 1.64 bits per heavy atom. The van der Waals surface area contributed by atoms with Crippen molar-refractivity contribution in [1.82, 2.24) is 51.4 Å². The van der Waals surface area contributed by atoms with Crippen LogP contribution in [-0.2, 0) is 84.5 Å². The molecule has 7 N–H and O–H groups in total. The molecule has 0 saturated heterocycles. The molecule has 6 amide bonds. The predicted octanol–water partition coefficient (Wildman–Crippen LogP) is 0.213. The molecular weight excluding hydrogens is 1040 g/mol. The largest absolute Gasteiger partial charge is 0.458 e. The first-order valence-corrected chi connectivity index (χ1v) is 26.8. The minimum Gasteiger partial charge on any atom is -0.458 e. The van der Waals surface area contributed by atoms with Crippen molar-refractivity contribution in [3.05, 3.63) is 116 Å². The third-order valence-corrected chi connectivity index (χ3v) is 14.3. The Bertz CT molecular complexity index is 3490. The minimum absolute atomic E-state index is 0.0288. The molecule has 25 heteroatoms. The van der Waals surface area contributed by atoms with Crippen LogP contribution in [0.25, 0.3) is 22.3 Å². The Hall–Kier alpha value is -8.47. The van der Waals surface area contributed by atoms with Crippen molar-refractivity contribution in [2.24, 2.45) is 0 Å². The van der Waals surface area contributed by atoms with Crippen LogP contribution in [0.4, 0.5) is 4.39 Å². The van der Waals surface area contributed by atoms with Crippen LogP contribution >= 0.6 is 0 Å². The molecule has 2 unspecified atom stereocenters. The maximum Gasteiger partial charge on any atom is 0.343 e. The van der Waals surface area contributed by atoms with Crippen LogP contribution in [0.15, 0.2) is 64.8 Å². The highest BCUT2D eigenvalue weighted by atomic mass is 32.2. The Morgan fingerprint density at radius 3 is 2.37 bits per heavy atom. The molecule has 8 rings (SSSR count). The van der Waals surface area contributed by atoms with Crippen LogP contribution in [0.2, 0.25) is 0 Å². The number of benzene rings is 2. The molecule has 2 aliphatic heterocycles. The molecule has 3 aliphatic rings. The van der Waals surface area contributed by atoms with Crippen LogP contribution in [0.1, 0.15) is 89.6 Å². The fourth-order valence-corrected chi connectivity index (χ4v) is 9.94. The molecule has 5 heterocycles. The number of unbranched alkanes of at least 4 members (excludes halogenated alkanes) is 1. The van der Waals surface area contributed by atoms with Crippen LogP contribution < -0.4 is 37.5 Å². The zero-order chi connectivity index (χ0) is 55.9. The maximum absolute atomic E-state index is 15.4. The van der Waals surface area contributed by atoms with Crippen molar-refractivity contribution in [2.45, 2.75) is 94.8 Å². The van der Waals surface area contributed by atoms with Gasteiger partial charge in [-0.3, -0.25) is 33.6 Å². The zero-order valence-electron chi connectivity index (χ0n) is 42.7. The minimum atomic E-state index is -3.54. The summed E-state index contributed by atoms with van der Waals surface area (Å²) in [5.41, 5.74) is 2.20. The first kappa shape index (κ1) is 55.8. The smallest absolute Gasteiger partial charge is 0.343 e. The number of hydrogen-bond donors (Lipinski definition) is 7. The molecule has 5 aromatic rings. The summed E-state index contributed by atoms with van der Waals surface area (Å²) in [6, 6.07) is 9.79. The Kier molecular flexibility index (Phi) is 17.0. The topological polar surface area (TPSA) is 325 Å². The van der Waals surface area contributed by atoms with Crippen molar-refractivity contribution in [3.8, 4) is 23.2 Å². The normalized spacial score (nSPS) is 16.2. The van der Waals surface area contributed by atoms with Gasteiger partial charge < -0.3 is 51.0 Å². The highest BCUT2D eigenvalue weighted by molar-refractivity contribution is 7.90. The zero-order valence-corrected chi connectivity index (χ0v) is 43.5. The molecule has 23 nitrogen and oxygen atoms in total. The Labute approximate surface area is 445 Å². The summed E-state index contributed by atoms with van der Waals surface area (Å²) >= 11 is 0. The number of ether oxygens (including phenoxy) is 2. The third-order valence-electron chi connectivity index (χ3n) is 13.5. The van der Waals surface area contributed by atoms with E-state index < -0.39 is 113 Å². The number of aryl methyl sites for hydroxylation is 1. The fourth-order valence-electron chi connectivity index (χ4n) is 9.45. The molecule has 3 atom stereocenters. The number of nitrogens with zero attached hydrogens (tertiary/aromatic N) is 4. The average Bonchev–Trinajstić information content (AvgIpc) is 3.87. The van der Waals surface area contributed by atoms with Gasteiger partial charge in [0.05, 0.1) is 60.3 Å². The number of pyridine rings is 2. The molecule has 0 bridgehead atoms. The van der Waals surface area contributed by atoms with E-state index in [9.17, 15) is 51.9 Å². The average molecular weight is 1090 g/mol. The summed E-state index contributed by atoms with van der Waals surface area (Å²) in [5, 5.41) is 27.0. The Balaban J connectivity index is 0.798. The summed E-state index contributed by atoms with van der Waals surface area (Å²) < 4.78 is 50.5. The molecule has 0 fully saturated rings. The number of cyclic esters (lactones) is 1. The molecule has 0 saturated carbocycles. The van der Waals surface area contributed by atoms with Gasteiger partial charge in [0.15, 0.2) is 5.60 Å². The fraction of sp³-hybridized carbons (Fsp3) is 0.377. The number of sulfone groups is 1. The monoisotopic (exact) mass is 1090 g/mol. The van der Waals surface area contributed by atoms with Crippen molar-refractivity contribution in [3.63, 3.8) is 0 Å².